The second kappa shape index (κ2) is 6.58. The summed E-state index contributed by atoms with van der Waals surface area (Å²) in [6.07, 6.45) is 2.42. The Morgan fingerprint density at radius 2 is 2.00 bits per heavy atom. The smallest absolute Gasteiger partial charge is 0.0593 e. The Hall–Kier alpha value is -0.120. The number of hydrogen-bond acceptors (Lipinski definition) is 3. The Kier molecular flexibility index (Phi) is 5.73. The van der Waals surface area contributed by atoms with Crippen LogP contribution in [0.5, 0.6) is 0 Å². The van der Waals surface area contributed by atoms with Crippen LogP contribution in [-0.4, -0.2) is 49.3 Å². The van der Waals surface area contributed by atoms with Crippen LogP contribution in [0.2, 0.25) is 0 Å². The first-order chi connectivity index (χ1) is 7.67. The van der Waals surface area contributed by atoms with E-state index >= 15 is 0 Å². The summed E-state index contributed by atoms with van der Waals surface area (Å²) < 4.78 is 5.46. The van der Waals surface area contributed by atoms with Crippen LogP contribution in [0.25, 0.3) is 0 Å². The molecule has 0 aromatic carbocycles. The molecule has 1 heterocycles. The summed E-state index contributed by atoms with van der Waals surface area (Å²) in [4.78, 5) is 2.57. The van der Waals surface area contributed by atoms with E-state index in [1.165, 1.54) is 12.8 Å². The molecule has 3 nitrogen and oxygen atoms in total. The normalized spacial score (nSPS) is 25.9. The van der Waals surface area contributed by atoms with Gasteiger partial charge in [-0.3, -0.25) is 4.90 Å². The SMILES string of the molecule is CCOCCN1CC(CC)(CC)NCC1C. The van der Waals surface area contributed by atoms with Gasteiger partial charge in [0.05, 0.1) is 6.61 Å². The van der Waals surface area contributed by atoms with Crippen LogP contribution < -0.4 is 5.32 Å². The van der Waals surface area contributed by atoms with Crippen LogP contribution in [-0.2, 0) is 4.74 Å². The van der Waals surface area contributed by atoms with Crippen LogP contribution in [0, 0.1) is 0 Å². The maximum atomic E-state index is 5.46. The van der Waals surface area contributed by atoms with Gasteiger partial charge in [-0.25, -0.2) is 0 Å². The number of piperazine rings is 1. The number of rotatable bonds is 6. The van der Waals surface area contributed by atoms with E-state index in [-0.39, 0.29) is 0 Å². The minimum atomic E-state index is 0.332. The Morgan fingerprint density at radius 3 is 2.56 bits per heavy atom. The van der Waals surface area contributed by atoms with E-state index in [0.717, 1.165) is 32.8 Å². The molecule has 96 valence electrons. The van der Waals surface area contributed by atoms with Crippen molar-refractivity contribution in [3.05, 3.63) is 0 Å². The number of hydrogen-bond donors (Lipinski definition) is 1. The van der Waals surface area contributed by atoms with Gasteiger partial charge in [-0.2, -0.15) is 0 Å². The predicted molar refractivity (Wildman–Crippen MR) is 68.8 cm³/mol. The van der Waals surface area contributed by atoms with Crippen molar-refractivity contribution in [3.8, 4) is 0 Å². The fraction of sp³-hybridized carbons (Fsp3) is 1.00. The van der Waals surface area contributed by atoms with Crippen LogP contribution in [0.3, 0.4) is 0 Å². The summed E-state index contributed by atoms with van der Waals surface area (Å²) >= 11 is 0. The van der Waals surface area contributed by atoms with Gasteiger partial charge in [0, 0.05) is 37.8 Å². The van der Waals surface area contributed by atoms with Crippen molar-refractivity contribution in [2.24, 2.45) is 0 Å². The lowest BCUT2D eigenvalue weighted by Gasteiger charge is -2.46. The highest BCUT2D eigenvalue weighted by Gasteiger charge is 2.34. The third-order valence-corrected chi connectivity index (χ3v) is 3.98. The first-order valence-corrected chi connectivity index (χ1v) is 6.74. The second-order valence-electron chi connectivity index (χ2n) is 4.88. The lowest BCUT2D eigenvalue weighted by atomic mass is 9.89. The van der Waals surface area contributed by atoms with Crippen LogP contribution >= 0.6 is 0 Å². The molecule has 1 atom stereocenters. The number of nitrogens with zero attached hydrogens (tertiary/aromatic N) is 1. The fourth-order valence-electron chi connectivity index (χ4n) is 2.44. The van der Waals surface area contributed by atoms with Crippen molar-refractivity contribution in [2.75, 3.05) is 32.8 Å². The monoisotopic (exact) mass is 228 g/mol. The van der Waals surface area contributed by atoms with E-state index in [1.807, 2.05) is 0 Å². The molecule has 0 aromatic heterocycles. The van der Waals surface area contributed by atoms with E-state index in [0.29, 0.717) is 11.6 Å². The van der Waals surface area contributed by atoms with Crippen molar-refractivity contribution in [2.45, 2.75) is 52.1 Å². The molecule has 16 heavy (non-hydrogen) atoms. The molecular weight excluding hydrogens is 200 g/mol. The largest absolute Gasteiger partial charge is 0.380 e. The van der Waals surface area contributed by atoms with E-state index in [4.69, 9.17) is 4.74 Å². The van der Waals surface area contributed by atoms with Gasteiger partial charge in [-0.05, 0) is 26.7 Å². The lowest BCUT2D eigenvalue weighted by molar-refractivity contribution is 0.0459. The second-order valence-corrected chi connectivity index (χ2v) is 4.88. The third kappa shape index (κ3) is 3.44. The maximum absolute atomic E-state index is 5.46. The Morgan fingerprint density at radius 1 is 1.31 bits per heavy atom. The average Bonchev–Trinajstić information content (AvgIpc) is 2.32. The van der Waals surface area contributed by atoms with Gasteiger partial charge in [0.15, 0.2) is 0 Å². The van der Waals surface area contributed by atoms with Crippen molar-refractivity contribution < 1.29 is 4.74 Å². The Bertz CT molecular complexity index is 192. The van der Waals surface area contributed by atoms with Gasteiger partial charge in [0.2, 0.25) is 0 Å². The Labute approximate surface area is 101 Å². The van der Waals surface area contributed by atoms with Gasteiger partial charge >= 0.3 is 0 Å². The maximum Gasteiger partial charge on any atom is 0.0593 e. The molecule has 0 aliphatic carbocycles. The van der Waals surface area contributed by atoms with Crippen molar-refractivity contribution in [3.63, 3.8) is 0 Å². The molecule has 0 aromatic rings. The predicted octanol–water partition coefficient (Wildman–Crippen LogP) is 1.88. The number of ether oxygens (including phenoxy) is 1. The van der Waals surface area contributed by atoms with Crippen molar-refractivity contribution in [1.82, 2.24) is 10.2 Å². The van der Waals surface area contributed by atoms with Gasteiger partial charge in [-0.1, -0.05) is 13.8 Å². The van der Waals surface area contributed by atoms with Crippen LogP contribution in [0.1, 0.15) is 40.5 Å². The standard InChI is InChI=1S/C13H28N2O/c1-5-13(6-2)11-15(8-9-16-7-3)12(4)10-14-13/h12,14H,5-11H2,1-4H3. The molecule has 1 N–H and O–H groups in total. The highest BCUT2D eigenvalue weighted by Crippen LogP contribution is 2.22. The minimum Gasteiger partial charge on any atom is -0.380 e. The molecule has 1 saturated heterocycles. The molecule has 0 amide bonds. The van der Waals surface area contributed by atoms with E-state index in [1.54, 1.807) is 0 Å². The summed E-state index contributed by atoms with van der Waals surface area (Å²) in [5.41, 5.74) is 0.332. The van der Waals surface area contributed by atoms with Crippen molar-refractivity contribution >= 4 is 0 Å². The Balaban J connectivity index is 2.47. The highest BCUT2D eigenvalue weighted by atomic mass is 16.5. The van der Waals surface area contributed by atoms with Crippen LogP contribution in [0.4, 0.5) is 0 Å². The molecule has 1 aliphatic heterocycles. The quantitative estimate of drug-likeness (QED) is 0.703. The lowest BCUT2D eigenvalue weighted by Crippen LogP contribution is -2.63. The molecular formula is C13H28N2O. The summed E-state index contributed by atoms with van der Waals surface area (Å²) in [6, 6.07) is 0.631. The molecule has 0 saturated carbocycles. The fourth-order valence-corrected chi connectivity index (χ4v) is 2.44. The van der Waals surface area contributed by atoms with E-state index < -0.39 is 0 Å². The third-order valence-electron chi connectivity index (χ3n) is 3.98. The number of nitrogens with one attached hydrogen (secondary N) is 1. The minimum absolute atomic E-state index is 0.332. The zero-order valence-corrected chi connectivity index (χ0v) is 11.4. The molecule has 3 heteroatoms. The molecule has 0 bridgehead atoms. The first kappa shape index (κ1) is 13.9. The van der Waals surface area contributed by atoms with Crippen molar-refractivity contribution in [1.29, 1.82) is 0 Å². The zero-order valence-electron chi connectivity index (χ0n) is 11.4. The first-order valence-electron chi connectivity index (χ1n) is 6.74. The molecule has 0 radical (unpaired) electrons. The van der Waals surface area contributed by atoms with Crippen LogP contribution in [0.15, 0.2) is 0 Å². The highest BCUT2D eigenvalue weighted by molar-refractivity contribution is 4.95. The summed E-state index contributed by atoms with van der Waals surface area (Å²) in [6.45, 7) is 14.0. The molecule has 1 unspecified atom stereocenters. The van der Waals surface area contributed by atoms with E-state index in [9.17, 15) is 0 Å². The molecule has 0 spiro atoms. The average molecular weight is 228 g/mol. The van der Waals surface area contributed by atoms with E-state index in [2.05, 4.69) is 37.9 Å². The molecule has 1 aliphatic rings. The van der Waals surface area contributed by atoms with Gasteiger partial charge in [0.1, 0.15) is 0 Å². The molecule has 1 fully saturated rings. The van der Waals surface area contributed by atoms with Gasteiger partial charge in [-0.15, -0.1) is 0 Å². The zero-order chi connectivity index (χ0) is 12.0. The summed E-state index contributed by atoms with van der Waals surface area (Å²) in [7, 11) is 0. The van der Waals surface area contributed by atoms with Gasteiger partial charge < -0.3 is 10.1 Å². The molecule has 1 rings (SSSR count). The summed E-state index contributed by atoms with van der Waals surface area (Å²) in [5.74, 6) is 0. The topological polar surface area (TPSA) is 24.5 Å². The van der Waals surface area contributed by atoms with Gasteiger partial charge in [0.25, 0.3) is 0 Å². The summed E-state index contributed by atoms with van der Waals surface area (Å²) in [5, 5.41) is 3.72.